The van der Waals surface area contributed by atoms with Crippen LogP contribution < -0.4 is 9.47 Å². The first-order valence-corrected chi connectivity index (χ1v) is 5.89. The van der Waals surface area contributed by atoms with E-state index in [1.807, 2.05) is 0 Å². The zero-order valence-corrected chi connectivity index (χ0v) is 11.4. The van der Waals surface area contributed by atoms with Crippen molar-refractivity contribution in [2.24, 2.45) is 0 Å². The summed E-state index contributed by atoms with van der Waals surface area (Å²) in [5, 5.41) is 9.43. The number of esters is 1. The third-order valence-corrected chi connectivity index (χ3v) is 3.38. The highest BCUT2D eigenvalue weighted by atomic mass is 79.9. The third kappa shape index (κ3) is 2.03. The van der Waals surface area contributed by atoms with Crippen molar-refractivity contribution in [2.45, 2.75) is 6.10 Å². The Morgan fingerprint density at radius 1 is 1.28 bits per heavy atom. The van der Waals surface area contributed by atoms with E-state index in [1.165, 1.54) is 14.2 Å². The quantitative estimate of drug-likeness (QED) is 0.868. The van der Waals surface area contributed by atoms with Crippen LogP contribution in [0.25, 0.3) is 0 Å². The number of carbonyl (C=O) groups is 1. The van der Waals surface area contributed by atoms with Crippen LogP contribution in [-0.4, -0.2) is 25.3 Å². The van der Waals surface area contributed by atoms with Gasteiger partial charge in [0.25, 0.3) is 0 Å². The summed E-state index contributed by atoms with van der Waals surface area (Å²) in [5.41, 5.74) is 0.678. The number of carbonyl (C=O) groups excluding carboxylic acids is 1. The topological polar surface area (TPSA) is 65.0 Å². The van der Waals surface area contributed by atoms with Gasteiger partial charge >= 0.3 is 5.97 Å². The Bertz CT molecular complexity index is 523. The summed E-state index contributed by atoms with van der Waals surface area (Å²) >= 11 is 3.14. The van der Waals surface area contributed by atoms with Gasteiger partial charge in [0.1, 0.15) is 0 Å². The van der Waals surface area contributed by atoms with Crippen LogP contribution in [0.2, 0.25) is 0 Å². The molecule has 0 radical (unpaired) electrons. The summed E-state index contributed by atoms with van der Waals surface area (Å²) in [4.78, 5) is 11.2. The average Bonchev–Trinajstić information content (AvgIpc) is 2.65. The molecule has 0 fully saturated rings. The molecule has 1 unspecified atom stereocenters. The summed E-state index contributed by atoms with van der Waals surface area (Å²) in [6.07, 6.45) is -0.655. The van der Waals surface area contributed by atoms with Crippen molar-refractivity contribution in [1.29, 1.82) is 0 Å². The Morgan fingerprint density at radius 2 is 1.94 bits per heavy atom. The third-order valence-electron chi connectivity index (χ3n) is 2.58. The predicted molar refractivity (Wildman–Crippen MR) is 67.0 cm³/mol. The summed E-state index contributed by atoms with van der Waals surface area (Å²) < 4.78 is 15.6. The molecular weight excluding hydrogens is 304 g/mol. The maximum absolute atomic E-state index is 11.2. The molecule has 0 amide bonds. The lowest BCUT2D eigenvalue weighted by Gasteiger charge is -2.13. The van der Waals surface area contributed by atoms with E-state index in [-0.39, 0.29) is 0 Å². The number of benzene rings is 1. The highest BCUT2D eigenvalue weighted by molar-refractivity contribution is 9.11. The lowest BCUT2D eigenvalue weighted by molar-refractivity contribution is -0.142. The van der Waals surface area contributed by atoms with Crippen molar-refractivity contribution in [2.75, 3.05) is 14.2 Å². The minimum atomic E-state index is -0.748. The van der Waals surface area contributed by atoms with E-state index in [1.54, 1.807) is 18.2 Å². The van der Waals surface area contributed by atoms with Crippen LogP contribution in [0.5, 0.6) is 11.5 Å². The summed E-state index contributed by atoms with van der Waals surface area (Å²) in [6, 6.07) is 5.13. The number of aliphatic hydroxyl groups is 1. The normalized spacial score (nSPS) is 18.8. The van der Waals surface area contributed by atoms with E-state index in [2.05, 4.69) is 15.9 Å². The van der Waals surface area contributed by atoms with Gasteiger partial charge < -0.3 is 19.3 Å². The molecule has 0 saturated heterocycles. The standard InChI is InChI=1S/C12H11BrO5/c1-16-7-4-3-6(5-8(7)17-2)11-9(13)10(14)12(15)18-11/h3-5,11,14H,1-2H3. The minimum Gasteiger partial charge on any atom is -0.501 e. The van der Waals surface area contributed by atoms with E-state index >= 15 is 0 Å². The fourth-order valence-corrected chi connectivity index (χ4v) is 2.19. The predicted octanol–water partition coefficient (Wildman–Crippen LogP) is 2.47. The summed E-state index contributed by atoms with van der Waals surface area (Å²) in [5.74, 6) is -0.0518. The van der Waals surface area contributed by atoms with Crippen LogP contribution in [0.3, 0.4) is 0 Å². The molecule has 0 saturated carbocycles. The lowest BCUT2D eigenvalue weighted by atomic mass is 10.1. The molecule has 96 valence electrons. The van der Waals surface area contributed by atoms with Crippen LogP contribution >= 0.6 is 15.9 Å². The summed E-state index contributed by atoms with van der Waals surface area (Å²) in [7, 11) is 3.05. The molecule has 0 bridgehead atoms. The molecule has 18 heavy (non-hydrogen) atoms. The van der Waals surface area contributed by atoms with Crippen LogP contribution in [-0.2, 0) is 9.53 Å². The van der Waals surface area contributed by atoms with Crippen molar-refractivity contribution in [3.8, 4) is 11.5 Å². The van der Waals surface area contributed by atoms with Gasteiger partial charge in [0.15, 0.2) is 17.6 Å². The molecule has 1 aromatic rings. The molecule has 1 aliphatic rings. The van der Waals surface area contributed by atoms with Crippen molar-refractivity contribution < 1.29 is 24.1 Å². The second kappa shape index (κ2) is 4.89. The number of hydrogen-bond acceptors (Lipinski definition) is 5. The van der Waals surface area contributed by atoms with Crippen molar-refractivity contribution >= 4 is 21.9 Å². The Morgan fingerprint density at radius 3 is 2.44 bits per heavy atom. The van der Waals surface area contributed by atoms with Gasteiger partial charge in [-0.1, -0.05) is 6.07 Å². The lowest BCUT2D eigenvalue weighted by Crippen LogP contribution is -2.03. The van der Waals surface area contributed by atoms with Gasteiger partial charge in [-0.05, 0) is 28.1 Å². The van der Waals surface area contributed by atoms with Crippen molar-refractivity contribution in [3.05, 3.63) is 34.0 Å². The molecular formula is C12H11BrO5. The number of ether oxygens (including phenoxy) is 3. The first kappa shape index (κ1) is 12.8. The molecule has 0 aromatic heterocycles. The van der Waals surface area contributed by atoms with Crippen LogP contribution in [0.4, 0.5) is 0 Å². The van der Waals surface area contributed by atoms with Gasteiger partial charge in [-0.3, -0.25) is 0 Å². The molecule has 5 nitrogen and oxygen atoms in total. The number of rotatable bonds is 3. The molecule has 0 aliphatic carbocycles. The molecule has 1 aromatic carbocycles. The highest BCUT2D eigenvalue weighted by Gasteiger charge is 2.34. The van der Waals surface area contributed by atoms with Crippen LogP contribution in [0, 0.1) is 0 Å². The number of aliphatic hydroxyl groups excluding tert-OH is 1. The smallest absolute Gasteiger partial charge is 0.375 e. The van der Waals surface area contributed by atoms with E-state index in [0.29, 0.717) is 21.5 Å². The monoisotopic (exact) mass is 314 g/mol. The first-order chi connectivity index (χ1) is 8.58. The van der Waals surface area contributed by atoms with E-state index in [9.17, 15) is 9.90 Å². The zero-order chi connectivity index (χ0) is 13.3. The average molecular weight is 315 g/mol. The maximum atomic E-state index is 11.2. The van der Waals surface area contributed by atoms with Gasteiger partial charge in [0, 0.05) is 5.56 Å². The van der Waals surface area contributed by atoms with Gasteiger partial charge in [0.2, 0.25) is 5.76 Å². The molecule has 1 atom stereocenters. The fraction of sp³-hybridized carbons (Fsp3) is 0.250. The van der Waals surface area contributed by atoms with Crippen LogP contribution in [0.1, 0.15) is 11.7 Å². The van der Waals surface area contributed by atoms with E-state index in [0.717, 1.165) is 0 Å². The molecule has 0 spiro atoms. The highest BCUT2D eigenvalue weighted by Crippen LogP contribution is 2.40. The molecule has 1 N–H and O–H groups in total. The second-order valence-electron chi connectivity index (χ2n) is 3.60. The molecule has 6 heteroatoms. The second-order valence-corrected chi connectivity index (χ2v) is 4.45. The van der Waals surface area contributed by atoms with E-state index in [4.69, 9.17) is 14.2 Å². The maximum Gasteiger partial charge on any atom is 0.375 e. The van der Waals surface area contributed by atoms with E-state index < -0.39 is 17.8 Å². The molecule has 1 heterocycles. The summed E-state index contributed by atoms with van der Waals surface area (Å²) in [6.45, 7) is 0. The number of methoxy groups -OCH3 is 2. The van der Waals surface area contributed by atoms with Gasteiger partial charge in [-0.2, -0.15) is 0 Å². The molecule has 1 aliphatic heterocycles. The fourth-order valence-electron chi connectivity index (χ4n) is 1.67. The van der Waals surface area contributed by atoms with Gasteiger partial charge in [0.05, 0.1) is 18.7 Å². The van der Waals surface area contributed by atoms with Gasteiger partial charge in [-0.25, -0.2) is 4.79 Å². The zero-order valence-electron chi connectivity index (χ0n) is 9.77. The Balaban J connectivity index is 2.39. The SMILES string of the molecule is COc1ccc(C2OC(=O)C(O)=C2Br)cc1OC. The minimum absolute atomic E-state index is 0.305. The number of cyclic esters (lactones) is 1. The Kier molecular flexibility index (Phi) is 3.47. The van der Waals surface area contributed by atoms with Gasteiger partial charge in [-0.15, -0.1) is 0 Å². The van der Waals surface area contributed by atoms with Crippen molar-refractivity contribution in [3.63, 3.8) is 0 Å². The first-order valence-electron chi connectivity index (χ1n) is 5.10. The van der Waals surface area contributed by atoms with Crippen molar-refractivity contribution in [1.82, 2.24) is 0 Å². The Hall–Kier alpha value is -1.69. The Labute approximate surface area is 112 Å². The largest absolute Gasteiger partial charge is 0.501 e. The van der Waals surface area contributed by atoms with Crippen LogP contribution in [0.15, 0.2) is 28.4 Å². The number of halogens is 1. The number of hydrogen-bond donors (Lipinski definition) is 1. The molecule has 2 rings (SSSR count).